The Morgan fingerprint density at radius 1 is 1.21 bits per heavy atom. The van der Waals surface area contributed by atoms with Crippen LogP contribution in [0.25, 0.3) is 16.5 Å². The van der Waals surface area contributed by atoms with Crippen LogP contribution >= 0.6 is 0 Å². The van der Waals surface area contributed by atoms with Gasteiger partial charge >= 0.3 is 0 Å². The number of nitrogens with zero attached hydrogens (tertiary/aromatic N) is 2. The number of nitrogens with one attached hydrogen (secondary N) is 3. The molecule has 0 spiro atoms. The molecule has 2 aliphatic heterocycles. The normalized spacial score (nSPS) is 20.5. The summed E-state index contributed by atoms with van der Waals surface area (Å²) in [6.07, 6.45) is 15.2. The van der Waals surface area contributed by atoms with Gasteiger partial charge in [0.25, 0.3) is 0 Å². The molecule has 1 saturated heterocycles. The lowest BCUT2D eigenvalue weighted by Gasteiger charge is -2.32. The van der Waals surface area contributed by atoms with Gasteiger partial charge in [0.2, 0.25) is 0 Å². The molecule has 0 unspecified atom stereocenters. The zero-order valence-corrected chi connectivity index (χ0v) is 20.1. The first kappa shape index (κ1) is 22.6. The van der Waals surface area contributed by atoms with Gasteiger partial charge < -0.3 is 15.2 Å². The van der Waals surface area contributed by atoms with E-state index < -0.39 is 0 Å². The summed E-state index contributed by atoms with van der Waals surface area (Å²) in [5.74, 6) is 0. The molecule has 3 N–H and O–H groups in total. The molecule has 3 heterocycles. The van der Waals surface area contributed by atoms with Gasteiger partial charge in [-0.15, -0.1) is 0 Å². The number of piperidine rings is 1. The second-order valence-electron chi connectivity index (χ2n) is 9.53. The highest BCUT2D eigenvalue weighted by Crippen LogP contribution is 2.30. The van der Waals surface area contributed by atoms with E-state index in [1.54, 1.807) is 6.08 Å². The van der Waals surface area contributed by atoms with Crippen LogP contribution in [0.2, 0.25) is 0 Å². The highest BCUT2D eigenvalue weighted by molar-refractivity contribution is 6.16. The average molecular weight is 454 g/mol. The third kappa shape index (κ3) is 5.01. The Kier molecular flexibility index (Phi) is 6.66. The number of likely N-dealkylation sites (tertiary alicyclic amines) is 1. The largest absolute Gasteiger partial charge is 0.354 e. The van der Waals surface area contributed by atoms with E-state index in [-0.39, 0.29) is 0 Å². The lowest BCUT2D eigenvalue weighted by atomic mass is 10.0. The van der Waals surface area contributed by atoms with Crippen molar-refractivity contribution < 1.29 is 0 Å². The van der Waals surface area contributed by atoms with Crippen LogP contribution < -0.4 is 10.7 Å². The lowest BCUT2D eigenvalue weighted by Crippen LogP contribution is -2.43. The van der Waals surface area contributed by atoms with E-state index in [9.17, 15) is 0 Å². The second kappa shape index (κ2) is 10.00. The molecule has 0 radical (unpaired) electrons. The molecule has 2 fully saturated rings. The van der Waals surface area contributed by atoms with Crippen LogP contribution in [-0.4, -0.2) is 40.8 Å². The van der Waals surface area contributed by atoms with Crippen molar-refractivity contribution in [3.8, 4) is 0 Å². The molecule has 176 valence electrons. The number of rotatable bonds is 8. The summed E-state index contributed by atoms with van der Waals surface area (Å²) in [6.45, 7) is 13.4. The predicted octanol–water partition coefficient (Wildman–Crippen LogP) is 5.43. The molecule has 1 aromatic heterocycles. The molecule has 34 heavy (non-hydrogen) atoms. The van der Waals surface area contributed by atoms with E-state index in [0.29, 0.717) is 6.04 Å². The Bertz CT molecular complexity index is 1200. The average Bonchev–Trinajstić information content (AvgIpc) is 3.62. The number of benzene rings is 1. The topological polar surface area (TPSA) is 55.5 Å². The maximum atomic E-state index is 4.48. The monoisotopic (exact) mass is 453 g/mol. The molecule has 2 aromatic rings. The first-order chi connectivity index (χ1) is 16.6. The van der Waals surface area contributed by atoms with E-state index in [1.807, 2.05) is 25.2 Å². The number of fused-ring (bicyclic) bond motifs is 1. The van der Waals surface area contributed by atoms with E-state index >= 15 is 0 Å². The highest BCUT2D eigenvalue weighted by Gasteiger charge is 2.31. The van der Waals surface area contributed by atoms with Crippen molar-refractivity contribution in [1.29, 1.82) is 0 Å². The summed E-state index contributed by atoms with van der Waals surface area (Å²) in [4.78, 5) is 6.29. The standard InChI is InChI=1S/C29H35N5/c1-4-6-22(7-5-2)28-18-26(20(3)32-33-28)29-17-23-9-8-21(16-27(23)31-29)19-30-24-12-14-34(15-13-24)25-10-11-25/h4-9,16-18,24-25,30-32H,1,3,10-15,19H2,2H3/b7-5-,22-6+. The highest BCUT2D eigenvalue weighted by atomic mass is 15.3. The Labute approximate surface area is 202 Å². The number of aromatic nitrogens is 1. The van der Waals surface area contributed by atoms with Crippen LogP contribution in [0, 0.1) is 0 Å². The third-order valence-electron chi connectivity index (χ3n) is 7.02. The first-order valence-electron chi connectivity index (χ1n) is 12.4. The molecule has 0 amide bonds. The lowest BCUT2D eigenvalue weighted by molar-refractivity contribution is 0.189. The van der Waals surface area contributed by atoms with E-state index in [1.165, 1.54) is 49.7 Å². The number of H-pyrrole nitrogens is 1. The van der Waals surface area contributed by atoms with Crippen LogP contribution in [0.15, 0.2) is 84.2 Å². The summed E-state index contributed by atoms with van der Waals surface area (Å²) in [5.41, 5.74) is 10.2. The van der Waals surface area contributed by atoms with Crippen molar-refractivity contribution in [2.75, 3.05) is 13.1 Å². The molecule has 3 aliphatic rings. The van der Waals surface area contributed by atoms with Crippen molar-refractivity contribution >= 4 is 22.2 Å². The zero-order valence-electron chi connectivity index (χ0n) is 20.1. The zero-order chi connectivity index (χ0) is 23.5. The van der Waals surface area contributed by atoms with E-state index in [4.69, 9.17) is 0 Å². The van der Waals surface area contributed by atoms with Crippen LogP contribution in [0.5, 0.6) is 0 Å². The van der Waals surface area contributed by atoms with Gasteiger partial charge in [-0.1, -0.05) is 49.6 Å². The van der Waals surface area contributed by atoms with Crippen molar-refractivity contribution in [3.05, 3.63) is 90.3 Å². The van der Waals surface area contributed by atoms with Crippen molar-refractivity contribution in [3.63, 3.8) is 0 Å². The molecule has 1 saturated carbocycles. The van der Waals surface area contributed by atoms with Crippen molar-refractivity contribution in [2.45, 2.75) is 51.2 Å². The number of hydrazone groups is 1. The minimum atomic E-state index is 0.624. The smallest absolute Gasteiger partial charge is 0.0913 e. The van der Waals surface area contributed by atoms with Crippen molar-refractivity contribution in [2.24, 2.45) is 5.10 Å². The SMILES string of the molecule is C=C/C=C(\C=C/C)C1=NNC(=C)C(c2cc3ccc(CNC4CCN(C5CC5)CC4)cc3[nH]2)=C1. The van der Waals surface area contributed by atoms with Crippen LogP contribution in [-0.2, 0) is 6.54 Å². The summed E-state index contributed by atoms with van der Waals surface area (Å²) in [6, 6.07) is 10.4. The molecular formula is C29H35N5. The second-order valence-corrected chi connectivity index (χ2v) is 9.53. The predicted molar refractivity (Wildman–Crippen MR) is 144 cm³/mol. The first-order valence-corrected chi connectivity index (χ1v) is 12.4. The summed E-state index contributed by atoms with van der Waals surface area (Å²) < 4.78 is 0. The fourth-order valence-corrected chi connectivity index (χ4v) is 4.96. The number of allylic oxidation sites excluding steroid dienone is 7. The van der Waals surface area contributed by atoms with E-state index in [0.717, 1.165) is 46.4 Å². The van der Waals surface area contributed by atoms with Gasteiger partial charge in [-0.05, 0) is 69.5 Å². The molecule has 5 heteroatoms. The van der Waals surface area contributed by atoms with Gasteiger partial charge in [-0.2, -0.15) is 5.10 Å². The van der Waals surface area contributed by atoms with Gasteiger partial charge in [0.05, 0.1) is 11.4 Å². The van der Waals surface area contributed by atoms with Crippen molar-refractivity contribution in [1.82, 2.24) is 20.6 Å². The number of hydrogen-bond donors (Lipinski definition) is 3. The van der Waals surface area contributed by atoms with Crippen LogP contribution in [0.1, 0.15) is 43.9 Å². The Morgan fingerprint density at radius 2 is 2.03 bits per heavy atom. The Balaban J connectivity index is 1.29. The van der Waals surface area contributed by atoms with Gasteiger partial charge in [-0.25, -0.2) is 0 Å². The molecular weight excluding hydrogens is 418 g/mol. The maximum Gasteiger partial charge on any atom is 0.0913 e. The maximum absolute atomic E-state index is 4.48. The summed E-state index contributed by atoms with van der Waals surface area (Å²) >= 11 is 0. The third-order valence-corrected chi connectivity index (χ3v) is 7.02. The van der Waals surface area contributed by atoms with Crippen LogP contribution in [0.4, 0.5) is 0 Å². The quantitative estimate of drug-likeness (QED) is 0.467. The molecule has 5 nitrogen and oxygen atoms in total. The van der Waals surface area contributed by atoms with Gasteiger partial charge in [0.15, 0.2) is 0 Å². The minimum absolute atomic E-state index is 0.624. The van der Waals surface area contributed by atoms with Gasteiger partial charge in [0.1, 0.15) is 0 Å². The minimum Gasteiger partial charge on any atom is -0.354 e. The van der Waals surface area contributed by atoms with Crippen LogP contribution in [0.3, 0.4) is 0 Å². The number of aromatic amines is 1. The van der Waals surface area contributed by atoms with Gasteiger partial charge in [0, 0.05) is 46.4 Å². The molecule has 1 aromatic carbocycles. The molecule has 0 atom stereocenters. The fourth-order valence-electron chi connectivity index (χ4n) is 4.96. The summed E-state index contributed by atoms with van der Waals surface area (Å²) in [5, 5.41) is 9.46. The summed E-state index contributed by atoms with van der Waals surface area (Å²) in [7, 11) is 0. The van der Waals surface area contributed by atoms with Gasteiger partial charge in [-0.3, -0.25) is 5.43 Å². The Hall–Kier alpha value is -3.15. The molecule has 5 rings (SSSR count). The Morgan fingerprint density at radius 3 is 2.76 bits per heavy atom. The van der Waals surface area contributed by atoms with E-state index in [2.05, 4.69) is 69.2 Å². The molecule has 0 bridgehead atoms. The number of hydrogen-bond acceptors (Lipinski definition) is 4. The fraction of sp³-hybridized carbons (Fsp3) is 0.345. The molecule has 1 aliphatic carbocycles.